The minimum absolute atomic E-state index is 0.109. The molecule has 1 rings (SSSR count). The lowest BCUT2D eigenvalue weighted by Gasteiger charge is -2.22. The van der Waals surface area contributed by atoms with Crippen LogP contribution in [0.1, 0.15) is 11.7 Å². The van der Waals surface area contributed by atoms with Crippen molar-refractivity contribution >= 4 is 11.6 Å². The lowest BCUT2D eigenvalue weighted by Crippen LogP contribution is -2.44. The van der Waals surface area contributed by atoms with E-state index in [9.17, 15) is 20.0 Å². The van der Waals surface area contributed by atoms with Crippen molar-refractivity contribution in [2.75, 3.05) is 13.2 Å². The number of nitrogens with two attached hydrogens (primary N) is 1. The standard InChI is InChI=1S/C11H15N3O5/c12-5-10(16)13-9(6-15)11(17)7-1-3-8(4-2-7)14(18)19/h1-4,9,11,15,17H,5-6,12H2,(H,13,16)/t9-,11-/m1/s1. The van der Waals surface area contributed by atoms with Gasteiger partial charge in [0.05, 0.1) is 24.1 Å². The summed E-state index contributed by atoms with van der Waals surface area (Å²) in [5, 5.41) is 31.9. The van der Waals surface area contributed by atoms with Crippen LogP contribution >= 0.6 is 0 Å². The molecular formula is C11H15N3O5. The Morgan fingerprint density at radius 1 is 1.42 bits per heavy atom. The van der Waals surface area contributed by atoms with Crippen LogP contribution in [0.2, 0.25) is 0 Å². The summed E-state index contributed by atoms with van der Waals surface area (Å²) in [5.41, 5.74) is 5.36. The van der Waals surface area contributed by atoms with Gasteiger partial charge >= 0.3 is 0 Å². The molecule has 19 heavy (non-hydrogen) atoms. The molecule has 8 nitrogen and oxygen atoms in total. The number of amides is 1. The van der Waals surface area contributed by atoms with Crippen molar-refractivity contribution in [3.8, 4) is 0 Å². The molecule has 0 saturated carbocycles. The highest BCUT2D eigenvalue weighted by Crippen LogP contribution is 2.20. The SMILES string of the molecule is NCC(=O)N[C@H](CO)[C@H](O)c1ccc([N+](=O)[O-])cc1. The van der Waals surface area contributed by atoms with Crippen LogP contribution in [0, 0.1) is 10.1 Å². The van der Waals surface area contributed by atoms with Crippen molar-refractivity contribution in [1.82, 2.24) is 5.32 Å². The molecule has 0 aliphatic carbocycles. The summed E-state index contributed by atoms with van der Waals surface area (Å²) >= 11 is 0. The number of carbonyl (C=O) groups is 1. The molecule has 0 aliphatic heterocycles. The van der Waals surface area contributed by atoms with Crippen LogP contribution in [0.5, 0.6) is 0 Å². The van der Waals surface area contributed by atoms with Gasteiger partial charge < -0.3 is 21.3 Å². The summed E-state index contributed by atoms with van der Waals surface area (Å²) in [4.78, 5) is 21.0. The molecule has 0 bridgehead atoms. The molecule has 104 valence electrons. The number of nitrogens with zero attached hydrogens (tertiary/aromatic N) is 1. The number of aliphatic hydroxyl groups is 2. The van der Waals surface area contributed by atoms with Gasteiger partial charge in [0.2, 0.25) is 5.91 Å². The molecule has 0 aromatic heterocycles. The normalized spacial score (nSPS) is 13.6. The second-order valence-electron chi connectivity index (χ2n) is 3.85. The van der Waals surface area contributed by atoms with E-state index in [0.29, 0.717) is 5.56 Å². The van der Waals surface area contributed by atoms with Crippen LogP contribution in [0.25, 0.3) is 0 Å². The van der Waals surface area contributed by atoms with Crippen molar-refractivity contribution in [1.29, 1.82) is 0 Å². The first-order valence-corrected chi connectivity index (χ1v) is 5.52. The molecule has 0 saturated heterocycles. The zero-order valence-corrected chi connectivity index (χ0v) is 10.0. The molecule has 0 heterocycles. The Labute approximate surface area is 109 Å². The van der Waals surface area contributed by atoms with Gasteiger partial charge in [-0.3, -0.25) is 14.9 Å². The first-order valence-electron chi connectivity index (χ1n) is 5.52. The number of aliphatic hydroxyl groups excluding tert-OH is 2. The highest BCUT2D eigenvalue weighted by Gasteiger charge is 2.22. The average Bonchev–Trinajstić information content (AvgIpc) is 2.43. The summed E-state index contributed by atoms with van der Waals surface area (Å²) in [6.07, 6.45) is -1.18. The highest BCUT2D eigenvalue weighted by molar-refractivity contribution is 5.78. The Hall–Kier alpha value is -2.03. The average molecular weight is 269 g/mol. The molecule has 1 amide bonds. The van der Waals surface area contributed by atoms with Crippen LogP contribution < -0.4 is 11.1 Å². The zero-order chi connectivity index (χ0) is 14.4. The Morgan fingerprint density at radius 3 is 2.42 bits per heavy atom. The van der Waals surface area contributed by atoms with Gasteiger partial charge in [-0.1, -0.05) is 0 Å². The maximum atomic E-state index is 11.1. The van der Waals surface area contributed by atoms with Gasteiger partial charge in [-0.15, -0.1) is 0 Å². The molecule has 0 spiro atoms. The van der Waals surface area contributed by atoms with E-state index in [1.165, 1.54) is 24.3 Å². The highest BCUT2D eigenvalue weighted by atomic mass is 16.6. The fourth-order valence-electron chi connectivity index (χ4n) is 1.52. The van der Waals surface area contributed by atoms with Gasteiger partial charge in [0.15, 0.2) is 0 Å². The van der Waals surface area contributed by atoms with Crippen molar-refractivity contribution in [2.24, 2.45) is 5.73 Å². The van der Waals surface area contributed by atoms with Crippen molar-refractivity contribution in [3.05, 3.63) is 39.9 Å². The molecular weight excluding hydrogens is 254 g/mol. The third kappa shape index (κ3) is 3.98. The minimum atomic E-state index is -1.18. The smallest absolute Gasteiger partial charge is 0.269 e. The second-order valence-corrected chi connectivity index (χ2v) is 3.85. The number of benzene rings is 1. The van der Waals surface area contributed by atoms with Gasteiger partial charge in [-0.2, -0.15) is 0 Å². The second kappa shape index (κ2) is 6.78. The van der Waals surface area contributed by atoms with E-state index in [2.05, 4.69) is 5.32 Å². The molecule has 0 radical (unpaired) electrons. The molecule has 0 fully saturated rings. The summed E-state index contributed by atoms with van der Waals surface area (Å²) in [6, 6.07) is 4.27. The van der Waals surface area contributed by atoms with Gasteiger partial charge in [-0.25, -0.2) is 0 Å². The van der Waals surface area contributed by atoms with E-state index in [4.69, 9.17) is 10.8 Å². The molecule has 1 aromatic carbocycles. The van der Waals surface area contributed by atoms with Crippen LogP contribution in [0.4, 0.5) is 5.69 Å². The number of hydrogen-bond donors (Lipinski definition) is 4. The number of rotatable bonds is 6. The number of nitro groups is 1. The van der Waals surface area contributed by atoms with Gasteiger partial charge in [0.1, 0.15) is 6.10 Å². The summed E-state index contributed by atoms with van der Waals surface area (Å²) in [6.45, 7) is -0.743. The quantitative estimate of drug-likeness (QED) is 0.388. The lowest BCUT2D eigenvalue weighted by molar-refractivity contribution is -0.384. The largest absolute Gasteiger partial charge is 0.394 e. The fourth-order valence-corrected chi connectivity index (χ4v) is 1.52. The van der Waals surface area contributed by atoms with Crippen molar-refractivity contribution < 1.29 is 19.9 Å². The van der Waals surface area contributed by atoms with E-state index in [0.717, 1.165) is 0 Å². The predicted molar refractivity (Wildman–Crippen MR) is 66.1 cm³/mol. The van der Waals surface area contributed by atoms with Crippen molar-refractivity contribution in [3.63, 3.8) is 0 Å². The number of nitro benzene ring substituents is 1. The fraction of sp³-hybridized carbons (Fsp3) is 0.364. The van der Waals surface area contributed by atoms with Gasteiger partial charge in [0, 0.05) is 12.1 Å². The Bertz CT molecular complexity index is 448. The molecule has 0 unspecified atom stereocenters. The molecule has 1 aromatic rings. The van der Waals surface area contributed by atoms with E-state index in [1.807, 2.05) is 0 Å². The number of carbonyl (C=O) groups excluding carboxylic acids is 1. The van der Waals surface area contributed by atoms with Gasteiger partial charge in [-0.05, 0) is 17.7 Å². The third-order valence-corrected chi connectivity index (χ3v) is 2.56. The van der Waals surface area contributed by atoms with Crippen molar-refractivity contribution in [2.45, 2.75) is 12.1 Å². The van der Waals surface area contributed by atoms with E-state index >= 15 is 0 Å². The zero-order valence-electron chi connectivity index (χ0n) is 10.0. The Balaban J connectivity index is 2.81. The van der Waals surface area contributed by atoms with E-state index in [-0.39, 0.29) is 12.2 Å². The Morgan fingerprint density at radius 2 is 2.00 bits per heavy atom. The van der Waals surface area contributed by atoms with Crippen LogP contribution in [-0.2, 0) is 4.79 Å². The maximum Gasteiger partial charge on any atom is 0.269 e. The predicted octanol–water partition coefficient (Wildman–Crippen LogP) is -0.936. The monoisotopic (exact) mass is 269 g/mol. The van der Waals surface area contributed by atoms with Crippen LogP contribution in [0.15, 0.2) is 24.3 Å². The topological polar surface area (TPSA) is 139 Å². The van der Waals surface area contributed by atoms with E-state index < -0.39 is 29.6 Å². The van der Waals surface area contributed by atoms with Crippen LogP contribution in [0.3, 0.4) is 0 Å². The van der Waals surface area contributed by atoms with Gasteiger partial charge in [0.25, 0.3) is 5.69 Å². The summed E-state index contributed by atoms with van der Waals surface area (Å²) in [7, 11) is 0. The minimum Gasteiger partial charge on any atom is -0.394 e. The first-order chi connectivity index (χ1) is 8.99. The Kier molecular flexibility index (Phi) is 5.37. The molecule has 2 atom stereocenters. The summed E-state index contributed by atoms with van der Waals surface area (Å²) < 4.78 is 0. The first kappa shape index (κ1) is 15.0. The number of nitrogens with one attached hydrogen (secondary N) is 1. The molecule has 0 aliphatic rings. The third-order valence-electron chi connectivity index (χ3n) is 2.56. The lowest BCUT2D eigenvalue weighted by atomic mass is 10.0. The number of hydrogen-bond acceptors (Lipinski definition) is 6. The summed E-state index contributed by atoms with van der Waals surface area (Å²) in [5.74, 6) is -0.514. The number of non-ortho nitro benzene ring substituents is 1. The van der Waals surface area contributed by atoms with E-state index in [1.54, 1.807) is 0 Å². The maximum absolute atomic E-state index is 11.1. The molecule has 5 N–H and O–H groups in total. The van der Waals surface area contributed by atoms with Crippen LogP contribution in [-0.4, -0.2) is 40.2 Å². The molecule has 8 heteroatoms.